The van der Waals surface area contributed by atoms with Crippen LogP contribution in [0.5, 0.6) is 11.5 Å². The van der Waals surface area contributed by atoms with E-state index in [-0.39, 0.29) is 0 Å². The molecule has 2 rings (SSSR count). The van der Waals surface area contributed by atoms with Gasteiger partial charge in [-0.15, -0.1) is 0 Å². The lowest BCUT2D eigenvalue weighted by Crippen LogP contribution is -2.10. The van der Waals surface area contributed by atoms with Gasteiger partial charge in [0.1, 0.15) is 11.5 Å². The lowest BCUT2D eigenvalue weighted by Gasteiger charge is -2.11. The Morgan fingerprint density at radius 1 is 1.00 bits per heavy atom. The molecule has 4 heteroatoms. The maximum Gasteiger partial charge on any atom is 0.150 e. The average molecular weight is 274 g/mol. The zero-order chi connectivity index (χ0) is 13.7. The monoisotopic (exact) mass is 274 g/mol. The highest BCUT2D eigenvalue weighted by Gasteiger charge is 2.08. The van der Waals surface area contributed by atoms with Crippen LogP contribution in [0.1, 0.15) is 10.4 Å². The van der Waals surface area contributed by atoms with Gasteiger partial charge in [0.25, 0.3) is 0 Å². The van der Waals surface area contributed by atoms with Crippen LogP contribution in [0, 0.1) is 0 Å². The molecule has 0 saturated carbocycles. The van der Waals surface area contributed by atoms with E-state index in [1.165, 1.54) is 0 Å². The van der Waals surface area contributed by atoms with Crippen molar-refractivity contribution in [1.82, 2.24) is 0 Å². The molecule has 0 amide bonds. The largest absolute Gasteiger partial charge is 0.497 e. The summed E-state index contributed by atoms with van der Waals surface area (Å²) in [5.74, 6) is 1.59. The fraction of sp³-hybridized carbons (Fsp3) is 0.133. The standard InChI is InChI=1S/C15H15O3P/c1-17-12-7-8-13(18-2)15(9-12)19-14-6-4-3-5-11(14)10-16/h3-10,19H,1-2H3. The van der Waals surface area contributed by atoms with E-state index in [2.05, 4.69) is 0 Å². The summed E-state index contributed by atoms with van der Waals surface area (Å²) in [5.41, 5.74) is 0.714. The molecule has 0 N–H and O–H groups in total. The number of aldehydes is 1. The number of hydrogen-bond donors (Lipinski definition) is 0. The molecule has 0 aliphatic carbocycles. The first kappa shape index (κ1) is 13.6. The smallest absolute Gasteiger partial charge is 0.150 e. The molecule has 0 heterocycles. The number of benzene rings is 2. The van der Waals surface area contributed by atoms with Crippen molar-refractivity contribution in [2.24, 2.45) is 0 Å². The van der Waals surface area contributed by atoms with Gasteiger partial charge in [-0.05, 0) is 23.5 Å². The highest BCUT2D eigenvalue weighted by Crippen LogP contribution is 2.24. The van der Waals surface area contributed by atoms with Crippen LogP contribution in [-0.2, 0) is 0 Å². The molecule has 2 aromatic rings. The third-order valence-corrected chi connectivity index (χ3v) is 4.15. The Hall–Kier alpha value is -1.86. The van der Waals surface area contributed by atoms with Gasteiger partial charge in [0.15, 0.2) is 6.29 Å². The number of carbonyl (C=O) groups is 1. The Morgan fingerprint density at radius 2 is 1.79 bits per heavy atom. The predicted octanol–water partition coefficient (Wildman–Crippen LogP) is 2.15. The summed E-state index contributed by atoms with van der Waals surface area (Å²) in [4.78, 5) is 11.0. The van der Waals surface area contributed by atoms with Crippen molar-refractivity contribution in [1.29, 1.82) is 0 Å². The van der Waals surface area contributed by atoms with Crippen LogP contribution < -0.4 is 20.1 Å². The minimum absolute atomic E-state index is 0.351. The van der Waals surface area contributed by atoms with Gasteiger partial charge in [0.2, 0.25) is 0 Å². The summed E-state index contributed by atoms with van der Waals surface area (Å²) >= 11 is 0. The van der Waals surface area contributed by atoms with Crippen molar-refractivity contribution >= 4 is 25.5 Å². The average Bonchev–Trinajstić information content (AvgIpc) is 2.47. The molecule has 19 heavy (non-hydrogen) atoms. The summed E-state index contributed by atoms with van der Waals surface area (Å²) in [5, 5.41) is 2.03. The van der Waals surface area contributed by atoms with Crippen molar-refractivity contribution in [3.8, 4) is 11.5 Å². The maximum atomic E-state index is 11.0. The van der Waals surface area contributed by atoms with E-state index < -0.39 is 0 Å². The summed E-state index contributed by atoms with van der Waals surface area (Å²) < 4.78 is 10.6. The Morgan fingerprint density at radius 3 is 2.47 bits per heavy atom. The summed E-state index contributed by atoms with van der Waals surface area (Å²) in [6.07, 6.45) is 0.884. The normalized spacial score (nSPS) is 10.6. The van der Waals surface area contributed by atoms with Gasteiger partial charge in [-0.2, -0.15) is 0 Å². The van der Waals surface area contributed by atoms with Crippen LogP contribution in [0.4, 0.5) is 0 Å². The molecule has 1 unspecified atom stereocenters. The first-order chi connectivity index (χ1) is 9.28. The fourth-order valence-corrected chi connectivity index (χ4v) is 3.05. The fourth-order valence-electron chi connectivity index (χ4n) is 1.77. The third kappa shape index (κ3) is 3.12. The number of ether oxygens (including phenoxy) is 2. The van der Waals surface area contributed by atoms with Crippen molar-refractivity contribution in [2.45, 2.75) is 0 Å². The molecule has 3 nitrogen and oxygen atoms in total. The zero-order valence-corrected chi connectivity index (χ0v) is 11.8. The van der Waals surface area contributed by atoms with Crippen molar-refractivity contribution < 1.29 is 14.3 Å². The van der Waals surface area contributed by atoms with E-state index in [4.69, 9.17) is 9.47 Å². The van der Waals surface area contributed by atoms with Crippen LogP contribution in [0.15, 0.2) is 42.5 Å². The highest BCUT2D eigenvalue weighted by atomic mass is 31.1. The Kier molecular flexibility index (Phi) is 4.53. The number of methoxy groups -OCH3 is 2. The molecule has 0 aliphatic heterocycles. The van der Waals surface area contributed by atoms with Gasteiger partial charge in [0.05, 0.1) is 14.2 Å². The van der Waals surface area contributed by atoms with E-state index >= 15 is 0 Å². The molecule has 0 aliphatic rings. The molecule has 0 radical (unpaired) electrons. The molecular weight excluding hydrogens is 259 g/mol. The van der Waals surface area contributed by atoms with Crippen molar-refractivity contribution in [3.63, 3.8) is 0 Å². The second-order valence-corrected chi connectivity index (χ2v) is 5.22. The number of hydrogen-bond acceptors (Lipinski definition) is 3. The van der Waals surface area contributed by atoms with Gasteiger partial charge in [-0.25, -0.2) is 0 Å². The lowest BCUT2D eigenvalue weighted by molar-refractivity contribution is 0.112. The SMILES string of the molecule is COc1ccc(OC)c(Pc2ccccc2C=O)c1. The molecular formula is C15H15O3P. The van der Waals surface area contributed by atoms with E-state index in [0.717, 1.165) is 28.4 Å². The minimum Gasteiger partial charge on any atom is -0.497 e. The molecule has 2 aromatic carbocycles. The van der Waals surface area contributed by atoms with Crippen molar-refractivity contribution in [3.05, 3.63) is 48.0 Å². The zero-order valence-electron chi connectivity index (χ0n) is 10.8. The van der Waals surface area contributed by atoms with Gasteiger partial charge in [0, 0.05) is 10.9 Å². The molecule has 0 aromatic heterocycles. The molecule has 1 atom stereocenters. The van der Waals surface area contributed by atoms with Gasteiger partial charge >= 0.3 is 0 Å². The Labute approximate surface area is 114 Å². The van der Waals surface area contributed by atoms with Gasteiger partial charge in [-0.1, -0.05) is 32.8 Å². The summed E-state index contributed by atoms with van der Waals surface area (Å²) in [7, 11) is 3.62. The quantitative estimate of drug-likeness (QED) is 0.619. The summed E-state index contributed by atoms with van der Waals surface area (Å²) in [6.45, 7) is 0. The van der Waals surface area contributed by atoms with Crippen LogP contribution >= 0.6 is 8.58 Å². The van der Waals surface area contributed by atoms with Crippen LogP contribution in [0.2, 0.25) is 0 Å². The lowest BCUT2D eigenvalue weighted by atomic mass is 10.2. The molecule has 0 bridgehead atoms. The highest BCUT2D eigenvalue weighted by molar-refractivity contribution is 7.56. The Bertz CT molecular complexity index is 581. The number of carbonyl (C=O) groups excluding carboxylic acids is 1. The van der Waals surface area contributed by atoms with Crippen LogP contribution in [0.3, 0.4) is 0 Å². The third-order valence-electron chi connectivity index (χ3n) is 2.76. The second kappa shape index (κ2) is 6.35. The Balaban J connectivity index is 2.38. The molecule has 0 spiro atoms. The number of rotatable bonds is 5. The van der Waals surface area contributed by atoms with E-state index in [1.54, 1.807) is 14.2 Å². The van der Waals surface area contributed by atoms with E-state index in [9.17, 15) is 4.79 Å². The first-order valence-corrected chi connectivity index (χ1v) is 6.81. The molecule has 0 saturated heterocycles. The van der Waals surface area contributed by atoms with E-state index in [0.29, 0.717) is 14.1 Å². The van der Waals surface area contributed by atoms with E-state index in [1.807, 2.05) is 42.5 Å². The summed E-state index contributed by atoms with van der Waals surface area (Å²) in [6, 6.07) is 13.3. The maximum absolute atomic E-state index is 11.0. The first-order valence-electron chi connectivity index (χ1n) is 5.81. The van der Waals surface area contributed by atoms with Gasteiger partial charge in [-0.3, -0.25) is 4.79 Å². The van der Waals surface area contributed by atoms with Crippen LogP contribution in [-0.4, -0.2) is 20.5 Å². The second-order valence-electron chi connectivity index (χ2n) is 3.90. The predicted molar refractivity (Wildman–Crippen MR) is 79.0 cm³/mol. The minimum atomic E-state index is 0.351. The molecule has 0 fully saturated rings. The molecule has 98 valence electrons. The van der Waals surface area contributed by atoms with Crippen molar-refractivity contribution in [2.75, 3.05) is 14.2 Å². The van der Waals surface area contributed by atoms with Gasteiger partial charge < -0.3 is 9.47 Å². The topological polar surface area (TPSA) is 35.5 Å². The van der Waals surface area contributed by atoms with Crippen LogP contribution in [0.25, 0.3) is 0 Å².